The molecule has 2 rings (SSSR count). The summed E-state index contributed by atoms with van der Waals surface area (Å²) in [5.41, 5.74) is 0. The third-order valence-electron chi connectivity index (χ3n) is 1.68. The molecule has 1 aromatic rings. The van der Waals surface area contributed by atoms with Crippen LogP contribution in [0.4, 0.5) is 0 Å². The van der Waals surface area contributed by atoms with Crippen molar-refractivity contribution < 1.29 is 14.0 Å². The van der Waals surface area contributed by atoms with Crippen LogP contribution in [-0.2, 0) is 9.59 Å². The second-order valence-corrected chi connectivity index (χ2v) is 3.56. The third-order valence-corrected chi connectivity index (χ3v) is 2.68. The number of carbonyl (C=O) groups is 2. The molecule has 1 aliphatic heterocycles. The van der Waals surface area contributed by atoms with E-state index < -0.39 is 0 Å². The van der Waals surface area contributed by atoms with Gasteiger partial charge in [-0.15, -0.1) is 0 Å². The molecule has 0 saturated carbocycles. The summed E-state index contributed by atoms with van der Waals surface area (Å²) in [5, 5.41) is 0.559. The molecule has 0 aliphatic carbocycles. The minimum atomic E-state index is -0.147. The molecule has 5 heteroatoms. The SMILES string of the molecule is O=C1CCC(=O)N1Sc1ccco1. The van der Waals surface area contributed by atoms with Crippen molar-refractivity contribution in [3.05, 3.63) is 18.4 Å². The van der Waals surface area contributed by atoms with Crippen molar-refractivity contribution in [2.75, 3.05) is 0 Å². The molecular formula is C8H7NO3S. The van der Waals surface area contributed by atoms with Crippen molar-refractivity contribution >= 4 is 23.8 Å². The summed E-state index contributed by atoms with van der Waals surface area (Å²) in [6, 6.07) is 3.43. The second-order valence-electron chi connectivity index (χ2n) is 2.61. The van der Waals surface area contributed by atoms with E-state index >= 15 is 0 Å². The number of hydrogen-bond acceptors (Lipinski definition) is 4. The monoisotopic (exact) mass is 197 g/mol. The van der Waals surface area contributed by atoms with Gasteiger partial charge in [-0.05, 0) is 12.1 Å². The maximum Gasteiger partial charge on any atom is 0.240 e. The molecule has 0 spiro atoms. The highest BCUT2D eigenvalue weighted by atomic mass is 32.2. The second kappa shape index (κ2) is 3.26. The van der Waals surface area contributed by atoms with E-state index in [4.69, 9.17) is 4.42 Å². The van der Waals surface area contributed by atoms with E-state index in [1.807, 2.05) is 0 Å². The maximum atomic E-state index is 11.2. The minimum absolute atomic E-state index is 0.147. The number of imide groups is 1. The molecule has 2 heterocycles. The smallest absolute Gasteiger partial charge is 0.240 e. The Morgan fingerprint density at radius 1 is 1.31 bits per heavy atom. The number of furan rings is 1. The highest BCUT2D eigenvalue weighted by molar-refractivity contribution is 7.98. The lowest BCUT2D eigenvalue weighted by Crippen LogP contribution is -2.20. The number of carbonyl (C=O) groups excluding carboxylic acids is 2. The van der Waals surface area contributed by atoms with Gasteiger partial charge < -0.3 is 4.42 Å². The summed E-state index contributed by atoms with van der Waals surface area (Å²) in [6.07, 6.45) is 2.13. The molecule has 68 valence electrons. The predicted molar refractivity (Wildman–Crippen MR) is 45.7 cm³/mol. The van der Waals surface area contributed by atoms with E-state index in [1.165, 1.54) is 6.26 Å². The van der Waals surface area contributed by atoms with Gasteiger partial charge in [-0.3, -0.25) is 9.59 Å². The average molecular weight is 197 g/mol. The molecule has 1 saturated heterocycles. The minimum Gasteiger partial charge on any atom is -0.456 e. The quantitative estimate of drug-likeness (QED) is 0.531. The highest BCUT2D eigenvalue weighted by Crippen LogP contribution is 2.28. The number of hydrogen-bond donors (Lipinski definition) is 0. The molecule has 0 aromatic carbocycles. The lowest BCUT2D eigenvalue weighted by Gasteiger charge is -2.08. The summed E-state index contributed by atoms with van der Waals surface area (Å²) in [6.45, 7) is 0. The Balaban J connectivity index is 2.09. The standard InChI is InChI=1S/C8H7NO3S/c10-6-3-4-7(11)9(6)13-8-2-1-5-12-8/h1-2,5H,3-4H2. The van der Waals surface area contributed by atoms with Gasteiger partial charge in [-0.1, -0.05) is 0 Å². The van der Waals surface area contributed by atoms with Crippen LogP contribution < -0.4 is 0 Å². The van der Waals surface area contributed by atoms with Crippen LogP contribution in [-0.4, -0.2) is 16.1 Å². The summed E-state index contributed by atoms with van der Waals surface area (Å²) in [7, 11) is 0. The van der Waals surface area contributed by atoms with E-state index in [9.17, 15) is 9.59 Å². The largest absolute Gasteiger partial charge is 0.456 e. The van der Waals surface area contributed by atoms with Crippen molar-refractivity contribution in [2.24, 2.45) is 0 Å². The first-order valence-corrected chi connectivity index (χ1v) is 4.62. The van der Waals surface area contributed by atoms with Crippen LogP contribution in [0.15, 0.2) is 27.9 Å². The van der Waals surface area contributed by atoms with E-state index in [-0.39, 0.29) is 11.8 Å². The molecule has 0 N–H and O–H groups in total. The molecule has 1 fully saturated rings. The molecule has 0 atom stereocenters. The fourth-order valence-electron chi connectivity index (χ4n) is 1.06. The molecule has 1 aliphatic rings. The van der Waals surface area contributed by atoms with Crippen LogP contribution in [0.5, 0.6) is 0 Å². The molecule has 0 radical (unpaired) electrons. The Morgan fingerprint density at radius 3 is 2.54 bits per heavy atom. The number of nitrogens with zero attached hydrogens (tertiary/aromatic N) is 1. The summed E-state index contributed by atoms with van der Waals surface area (Å²) >= 11 is 1.04. The van der Waals surface area contributed by atoms with Crippen molar-refractivity contribution in [1.82, 2.24) is 4.31 Å². The maximum absolute atomic E-state index is 11.2. The van der Waals surface area contributed by atoms with E-state index in [1.54, 1.807) is 12.1 Å². The Hall–Kier alpha value is -1.23. The van der Waals surface area contributed by atoms with Gasteiger partial charge in [0.2, 0.25) is 11.8 Å². The molecular weight excluding hydrogens is 190 g/mol. The Morgan fingerprint density at radius 2 is 2.00 bits per heavy atom. The van der Waals surface area contributed by atoms with Crippen LogP contribution in [0.1, 0.15) is 12.8 Å². The molecule has 4 nitrogen and oxygen atoms in total. The molecule has 0 unspecified atom stereocenters. The van der Waals surface area contributed by atoms with Crippen molar-refractivity contribution in [1.29, 1.82) is 0 Å². The number of rotatable bonds is 2. The fourth-order valence-corrected chi connectivity index (χ4v) is 1.87. The van der Waals surface area contributed by atoms with Gasteiger partial charge in [0.15, 0.2) is 5.09 Å². The molecule has 0 bridgehead atoms. The highest BCUT2D eigenvalue weighted by Gasteiger charge is 2.30. The summed E-state index contributed by atoms with van der Waals surface area (Å²) < 4.78 is 6.16. The van der Waals surface area contributed by atoms with Gasteiger partial charge in [0.1, 0.15) is 0 Å². The van der Waals surface area contributed by atoms with Crippen LogP contribution in [0, 0.1) is 0 Å². The van der Waals surface area contributed by atoms with E-state index in [0.29, 0.717) is 17.9 Å². The molecule has 2 amide bonds. The van der Waals surface area contributed by atoms with Crippen LogP contribution in [0.2, 0.25) is 0 Å². The molecule has 1 aromatic heterocycles. The van der Waals surface area contributed by atoms with Crippen LogP contribution >= 0.6 is 11.9 Å². The first kappa shape index (κ1) is 8.37. The molecule has 13 heavy (non-hydrogen) atoms. The summed E-state index contributed by atoms with van der Waals surface area (Å²) in [5.74, 6) is -0.294. The zero-order valence-corrected chi connectivity index (χ0v) is 7.54. The topological polar surface area (TPSA) is 50.5 Å². The van der Waals surface area contributed by atoms with Crippen molar-refractivity contribution in [2.45, 2.75) is 17.9 Å². The zero-order valence-electron chi connectivity index (χ0n) is 6.73. The van der Waals surface area contributed by atoms with Crippen molar-refractivity contribution in [3.8, 4) is 0 Å². The van der Waals surface area contributed by atoms with Crippen molar-refractivity contribution in [3.63, 3.8) is 0 Å². The van der Waals surface area contributed by atoms with E-state index in [2.05, 4.69) is 0 Å². The lowest BCUT2D eigenvalue weighted by atomic mass is 10.4. The van der Waals surface area contributed by atoms with Crippen LogP contribution in [0.3, 0.4) is 0 Å². The van der Waals surface area contributed by atoms with E-state index in [0.717, 1.165) is 16.3 Å². The summed E-state index contributed by atoms with van der Waals surface area (Å²) in [4.78, 5) is 22.3. The van der Waals surface area contributed by atoms with Gasteiger partial charge in [0.25, 0.3) is 0 Å². The van der Waals surface area contributed by atoms with Gasteiger partial charge >= 0.3 is 0 Å². The van der Waals surface area contributed by atoms with Crippen LogP contribution in [0.25, 0.3) is 0 Å². The Kier molecular flexibility index (Phi) is 2.10. The van der Waals surface area contributed by atoms with Gasteiger partial charge in [-0.2, -0.15) is 0 Å². The third kappa shape index (κ3) is 1.60. The van der Waals surface area contributed by atoms with Gasteiger partial charge in [0, 0.05) is 24.8 Å². The normalized spacial score (nSPS) is 17.1. The lowest BCUT2D eigenvalue weighted by molar-refractivity contribution is -0.131. The zero-order chi connectivity index (χ0) is 9.26. The Labute approximate surface area is 79.0 Å². The van der Waals surface area contributed by atoms with Gasteiger partial charge in [-0.25, -0.2) is 4.31 Å². The number of amides is 2. The Bertz CT molecular complexity index is 317. The van der Waals surface area contributed by atoms with Gasteiger partial charge in [0.05, 0.1) is 6.26 Å². The average Bonchev–Trinajstić information content (AvgIpc) is 2.70. The fraction of sp³-hybridized carbons (Fsp3) is 0.250. The predicted octanol–water partition coefficient (Wildman–Crippen LogP) is 1.44. The first-order valence-electron chi connectivity index (χ1n) is 3.84. The first-order chi connectivity index (χ1) is 6.27.